The molecule has 2 rings (SSSR count). The molecule has 0 bridgehead atoms. The SMILES string of the molecule is CCOC(=O)N1[C@@H](C(=O)OC)C=C[C@@H](O[C@@H]2O[C@H](CC(C)=O)[C@H](OC(C)=O)[C@H](OC(C)=O)[C@H]2OC(C)=O)N1C(=O)OCC. The van der Waals surface area contributed by atoms with Gasteiger partial charge < -0.3 is 37.9 Å². The van der Waals surface area contributed by atoms with Crippen LogP contribution in [0.15, 0.2) is 12.2 Å². The molecule has 17 nitrogen and oxygen atoms in total. The van der Waals surface area contributed by atoms with Crippen molar-refractivity contribution in [3.63, 3.8) is 0 Å². The van der Waals surface area contributed by atoms with Crippen molar-refractivity contribution >= 4 is 41.8 Å². The first-order chi connectivity index (χ1) is 20.2. The second-order valence-corrected chi connectivity index (χ2v) is 9.14. The lowest BCUT2D eigenvalue weighted by Gasteiger charge is -2.47. The molecule has 0 radical (unpaired) electrons. The van der Waals surface area contributed by atoms with Crippen molar-refractivity contribution in [1.29, 1.82) is 0 Å². The summed E-state index contributed by atoms with van der Waals surface area (Å²) in [5.41, 5.74) is 0. The van der Waals surface area contributed by atoms with E-state index in [9.17, 15) is 33.6 Å². The van der Waals surface area contributed by atoms with Gasteiger partial charge in [-0.3, -0.25) is 19.2 Å². The van der Waals surface area contributed by atoms with Gasteiger partial charge >= 0.3 is 36.1 Å². The number of carbonyl (C=O) groups excluding carboxylic acids is 7. The predicted octanol–water partition coefficient (Wildman–Crippen LogP) is 0.772. The number of hydrogen-bond acceptors (Lipinski definition) is 15. The number of Topliss-reactive ketones (excluding diaryl/α,β-unsaturated/α-hetero) is 1. The summed E-state index contributed by atoms with van der Waals surface area (Å²) in [4.78, 5) is 87.0. The smallest absolute Gasteiger partial charge is 0.431 e. The fraction of sp³-hybridized carbons (Fsp3) is 0.654. The maximum atomic E-state index is 13.2. The predicted molar refractivity (Wildman–Crippen MR) is 138 cm³/mol. The Morgan fingerprint density at radius 3 is 1.72 bits per heavy atom. The van der Waals surface area contributed by atoms with Crippen LogP contribution in [0.2, 0.25) is 0 Å². The average molecular weight is 617 g/mol. The Bertz CT molecular complexity index is 1110. The standard InChI is InChI=1S/C26H36N2O15/c1-8-37-25(34)27-17(23(33)36-7)10-11-19(28(27)26(35)38-9-2)43-24-22(41-16(6)32)21(40-15(5)31)20(39-14(4)30)18(42-24)12-13(3)29/h10-11,17-22,24H,8-9,12H2,1-7H3/t17-,18-,19-,20+,21+,22-,24+/m1/s1. The molecule has 0 aliphatic carbocycles. The van der Waals surface area contributed by atoms with Crippen molar-refractivity contribution in [1.82, 2.24) is 10.0 Å². The molecule has 0 N–H and O–H groups in total. The maximum Gasteiger partial charge on any atom is 0.431 e. The summed E-state index contributed by atoms with van der Waals surface area (Å²) in [6.45, 7) is 7.11. The fourth-order valence-corrected chi connectivity index (χ4v) is 4.34. The number of esters is 4. The number of methoxy groups -OCH3 is 1. The van der Waals surface area contributed by atoms with Gasteiger partial charge in [-0.25, -0.2) is 14.4 Å². The molecule has 2 aliphatic heterocycles. The van der Waals surface area contributed by atoms with Crippen LogP contribution in [0.4, 0.5) is 9.59 Å². The third-order valence-electron chi connectivity index (χ3n) is 5.81. The topological polar surface area (TPSA) is 200 Å². The first kappa shape index (κ1) is 34.9. The molecular formula is C26H36N2O15. The summed E-state index contributed by atoms with van der Waals surface area (Å²) in [6, 6.07) is -1.49. The third-order valence-corrected chi connectivity index (χ3v) is 5.81. The van der Waals surface area contributed by atoms with Crippen molar-refractivity contribution in [2.75, 3.05) is 20.3 Å². The van der Waals surface area contributed by atoms with Gasteiger partial charge in [-0.2, -0.15) is 10.0 Å². The minimum absolute atomic E-state index is 0.135. The van der Waals surface area contributed by atoms with E-state index in [1.807, 2.05) is 0 Å². The Hall–Kier alpha value is -4.25. The zero-order valence-electron chi connectivity index (χ0n) is 24.8. The number of ether oxygens (including phenoxy) is 8. The normalized spacial score (nSPS) is 26.5. The molecule has 240 valence electrons. The van der Waals surface area contributed by atoms with Crippen molar-refractivity contribution < 1.29 is 71.5 Å². The number of ketones is 1. The fourth-order valence-electron chi connectivity index (χ4n) is 4.34. The van der Waals surface area contributed by atoms with E-state index in [0.717, 1.165) is 27.9 Å². The summed E-state index contributed by atoms with van der Waals surface area (Å²) in [6.07, 6.45) is -9.46. The number of nitrogens with zero attached hydrogens (tertiary/aromatic N) is 2. The van der Waals surface area contributed by atoms with E-state index < -0.39 is 84.8 Å². The molecule has 7 atom stereocenters. The highest BCUT2D eigenvalue weighted by Crippen LogP contribution is 2.33. The molecule has 1 fully saturated rings. The molecule has 0 saturated carbocycles. The minimum atomic E-state index is -1.71. The number of hydrazine groups is 1. The average Bonchev–Trinajstić information content (AvgIpc) is 2.91. The molecular weight excluding hydrogens is 580 g/mol. The van der Waals surface area contributed by atoms with E-state index in [1.165, 1.54) is 32.9 Å². The van der Waals surface area contributed by atoms with E-state index in [2.05, 4.69) is 0 Å². The van der Waals surface area contributed by atoms with Crippen LogP contribution >= 0.6 is 0 Å². The first-order valence-corrected chi connectivity index (χ1v) is 13.3. The maximum absolute atomic E-state index is 13.2. The van der Waals surface area contributed by atoms with Gasteiger partial charge in [0.1, 0.15) is 11.9 Å². The van der Waals surface area contributed by atoms with Crippen LogP contribution in [-0.2, 0) is 61.9 Å². The second-order valence-electron chi connectivity index (χ2n) is 9.14. The first-order valence-electron chi connectivity index (χ1n) is 13.3. The number of hydrogen-bond donors (Lipinski definition) is 0. The van der Waals surface area contributed by atoms with Crippen LogP contribution in [0, 0.1) is 0 Å². The van der Waals surface area contributed by atoms with Crippen molar-refractivity contribution in [2.45, 2.75) is 90.9 Å². The quantitative estimate of drug-likeness (QED) is 0.189. The Balaban J connectivity index is 2.67. The lowest BCUT2D eigenvalue weighted by atomic mass is 9.94. The number of amides is 2. The highest BCUT2D eigenvalue weighted by atomic mass is 16.7. The molecule has 0 aromatic rings. The second kappa shape index (κ2) is 15.8. The molecule has 0 unspecified atom stereocenters. The minimum Gasteiger partial charge on any atom is -0.467 e. The third kappa shape index (κ3) is 9.12. The van der Waals surface area contributed by atoms with Gasteiger partial charge in [0.2, 0.25) is 6.29 Å². The van der Waals surface area contributed by atoms with Crippen LogP contribution in [-0.4, -0.2) is 115 Å². The molecule has 2 heterocycles. The van der Waals surface area contributed by atoms with E-state index in [0.29, 0.717) is 10.0 Å². The lowest BCUT2D eigenvalue weighted by Crippen LogP contribution is -2.66. The van der Waals surface area contributed by atoms with Crippen LogP contribution in [0.25, 0.3) is 0 Å². The van der Waals surface area contributed by atoms with Gasteiger partial charge in [-0.1, -0.05) is 0 Å². The van der Waals surface area contributed by atoms with Gasteiger partial charge in [-0.15, -0.1) is 0 Å². The van der Waals surface area contributed by atoms with E-state index in [-0.39, 0.29) is 19.6 Å². The van der Waals surface area contributed by atoms with Crippen LogP contribution in [0.1, 0.15) is 48.0 Å². The molecule has 0 aromatic carbocycles. The summed E-state index contributed by atoms with van der Waals surface area (Å²) >= 11 is 0. The van der Waals surface area contributed by atoms with Crippen molar-refractivity contribution in [2.24, 2.45) is 0 Å². The largest absolute Gasteiger partial charge is 0.467 e. The van der Waals surface area contributed by atoms with Gasteiger partial charge in [0.05, 0.1) is 20.3 Å². The molecule has 1 saturated heterocycles. The van der Waals surface area contributed by atoms with Crippen molar-refractivity contribution in [3.05, 3.63) is 12.2 Å². The molecule has 0 aromatic heterocycles. The molecule has 0 spiro atoms. The lowest BCUT2D eigenvalue weighted by molar-refractivity contribution is -0.323. The molecule has 2 amide bonds. The van der Waals surface area contributed by atoms with Gasteiger partial charge in [0, 0.05) is 27.2 Å². The monoisotopic (exact) mass is 616 g/mol. The van der Waals surface area contributed by atoms with Gasteiger partial charge in [0.25, 0.3) is 0 Å². The van der Waals surface area contributed by atoms with Gasteiger partial charge in [-0.05, 0) is 32.9 Å². The Kier molecular flexibility index (Phi) is 12.9. The van der Waals surface area contributed by atoms with E-state index in [1.54, 1.807) is 0 Å². The van der Waals surface area contributed by atoms with Crippen LogP contribution < -0.4 is 0 Å². The van der Waals surface area contributed by atoms with E-state index >= 15 is 0 Å². The molecule has 43 heavy (non-hydrogen) atoms. The number of rotatable bonds is 10. The zero-order chi connectivity index (χ0) is 32.4. The summed E-state index contributed by atoms with van der Waals surface area (Å²) in [5.74, 6) is -3.91. The van der Waals surface area contributed by atoms with Crippen LogP contribution in [0.3, 0.4) is 0 Å². The summed E-state index contributed by atoms with van der Waals surface area (Å²) in [7, 11) is 1.07. The highest BCUT2D eigenvalue weighted by Gasteiger charge is 2.54. The Morgan fingerprint density at radius 2 is 1.23 bits per heavy atom. The zero-order valence-corrected chi connectivity index (χ0v) is 24.8. The van der Waals surface area contributed by atoms with Gasteiger partial charge in [0.15, 0.2) is 30.6 Å². The summed E-state index contributed by atoms with van der Waals surface area (Å²) < 4.78 is 42.9. The molecule has 2 aliphatic rings. The Morgan fingerprint density at radius 1 is 0.721 bits per heavy atom. The van der Waals surface area contributed by atoms with Crippen molar-refractivity contribution in [3.8, 4) is 0 Å². The summed E-state index contributed by atoms with van der Waals surface area (Å²) in [5, 5.41) is 1.23. The number of carbonyl (C=O) groups is 7. The molecule has 17 heteroatoms. The van der Waals surface area contributed by atoms with E-state index in [4.69, 9.17) is 37.9 Å². The van der Waals surface area contributed by atoms with Crippen LogP contribution in [0.5, 0.6) is 0 Å². The highest BCUT2D eigenvalue weighted by molar-refractivity contribution is 5.85. The Labute approximate surface area is 247 Å².